The van der Waals surface area contributed by atoms with E-state index in [1.165, 1.54) is 0 Å². The van der Waals surface area contributed by atoms with Crippen LogP contribution in [0.3, 0.4) is 0 Å². The van der Waals surface area contributed by atoms with E-state index in [0.717, 1.165) is 5.39 Å². The Bertz CT molecular complexity index is 969. The summed E-state index contributed by atoms with van der Waals surface area (Å²) < 4.78 is 17.0. The minimum Gasteiger partial charge on any atom is -0.480 e. The van der Waals surface area contributed by atoms with Crippen LogP contribution < -0.4 is 9.47 Å². The molecule has 0 unspecified atom stereocenters. The summed E-state index contributed by atoms with van der Waals surface area (Å²) >= 11 is 11.1. The van der Waals surface area contributed by atoms with Crippen molar-refractivity contribution in [2.24, 2.45) is 0 Å². The Morgan fingerprint density at radius 1 is 0.917 bits per heavy atom. The van der Waals surface area contributed by atoms with Crippen LogP contribution >= 0.6 is 23.8 Å². The number of hydrogen-bond acceptors (Lipinski definition) is 4. The molecule has 1 heterocycles. The van der Waals surface area contributed by atoms with Gasteiger partial charge >= 0.3 is 0 Å². The summed E-state index contributed by atoms with van der Waals surface area (Å²) in [5.74, 6) is 7.06. The standard InChI is InChI=1S/C19H13ClO3S/c20-15-8-2-4-10-17(15)21-11-5-6-12-22-18-13-19(24)23-16-9-3-1-7-14(16)18/h1-4,7-10,13H,11-12H2. The summed E-state index contributed by atoms with van der Waals surface area (Å²) in [5, 5.41) is 1.42. The molecule has 0 N–H and O–H groups in total. The third-order valence-corrected chi connectivity index (χ3v) is 3.69. The van der Waals surface area contributed by atoms with Gasteiger partial charge in [0.2, 0.25) is 0 Å². The van der Waals surface area contributed by atoms with Gasteiger partial charge in [0.15, 0.2) is 4.71 Å². The fourth-order valence-electron chi connectivity index (χ4n) is 2.09. The van der Waals surface area contributed by atoms with Crippen molar-refractivity contribution in [3.8, 4) is 23.3 Å². The molecular formula is C19H13ClO3S. The van der Waals surface area contributed by atoms with Crippen LogP contribution in [0, 0.1) is 16.5 Å². The van der Waals surface area contributed by atoms with Gasteiger partial charge in [-0.25, -0.2) is 0 Å². The lowest BCUT2D eigenvalue weighted by Crippen LogP contribution is -1.98. The van der Waals surface area contributed by atoms with Crippen molar-refractivity contribution in [2.75, 3.05) is 13.2 Å². The largest absolute Gasteiger partial charge is 0.480 e. The van der Waals surface area contributed by atoms with Gasteiger partial charge in [-0.2, -0.15) is 0 Å². The Morgan fingerprint density at radius 3 is 2.38 bits per heavy atom. The molecule has 2 aromatic carbocycles. The van der Waals surface area contributed by atoms with Gasteiger partial charge in [-0.15, -0.1) is 0 Å². The molecule has 0 fully saturated rings. The molecule has 0 saturated carbocycles. The summed E-state index contributed by atoms with van der Waals surface area (Å²) in [6.07, 6.45) is 0. The zero-order valence-electron chi connectivity index (χ0n) is 12.6. The zero-order chi connectivity index (χ0) is 16.8. The normalized spacial score (nSPS) is 10.0. The van der Waals surface area contributed by atoms with E-state index < -0.39 is 0 Å². The van der Waals surface area contributed by atoms with E-state index in [1.54, 1.807) is 18.2 Å². The average Bonchev–Trinajstić information content (AvgIpc) is 2.59. The lowest BCUT2D eigenvalue weighted by atomic mass is 10.2. The topological polar surface area (TPSA) is 31.6 Å². The molecule has 0 aliphatic carbocycles. The second-order valence-electron chi connectivity index (χ2n) is 4.79. The van der Waals surface area contributed by atoms with Gasteiger partial charge in [0, 0.05) is 6.07 Å². The molecule has 0 aliphatic heterocycles. The quantitative estimate of drug-likeness (QED) is 0.470. The molecule has 0 aliphatic rings. The molecule has 0 radical (unpaired) electrons. The van der Waals surface area contributed by atoms with Crippen molar-refractivity contribution in [1.82, 2.24) is 0 Å². The minimum absolute atomic E-state index is 0.231. The van der Waals surface area contributed by atoms with Gasteiger partial charge in [0.05, 0.1) is 10.4 Å². The lowest BCUT2D eigenvalue weighted by Gasteiger charge is -2.05. The predicted octanol–water partition coefficient (Wildman–Crippen LogP) is 5.28. The summed E-state index contributed by atoms with van der Waals surface area (Å²) in [7, 11) is 0. The maximum absolute atomic E-state index is 6.00. The smallest absolute Gasteiger partial charge is 0.194 e. The molecule has 1 aromatic heterocycles. The first-order valence-electron chi connectivity index (χ1n) is 7.23. The van der Waals surface area contributed by atoms with Crippen molar-refractivity contribution in [3.63, 3.8) is 0 Å². The maximum Gasteiger partial charge on any atom is 0.194 e. The van der Waals surface area contributed by atoms with Crippen LogP contribution in [0.5, 0.6) is 11.5 Å². The average molecular weight is 357 g/mol. The second kappa shape index (κ2) is 7.87. The maximum atomic E-state index is 6.00. The van der Waals surface area contributed by atoms with Crippen molar-refractivity contribution in [1.29, 1.82) is 0 Å². The number of ether oxygens (including phenoxy) is 2. The summed E-state index contributed by atoms with van der Waals surface area (Å²) in [4.78, 5) is 0. The van der Waals surface area contributed by atoms with Crippen molar-refractivity contribution >= 4 is 34.8 Å². The Balaban J connectivity index is 1.60. The molecule has 3 nitrogen and oxygen atoms in total. The first kappa shape index (κ1) is 16.4. The molecule has 24 heavy (non-hydrogen) atoms. The van der Waals surface area contributed by atoms with E-state index in [2.05, 4.69) is 11.8 Å². The van der Waals surface area contributed by atoms with Crippen LogP contribution in [0.1, 0.15) is 0 Å². The number of fused-ring (bicyclic) bond motifs is 1. The first-order valence-corrected chi connectivity index (χ1v) is 8.01. The zero-order valence-corrected chi connectivity index (χ0v) is 14.2. The number of rotatable bonds is 4. The molecule has 0 amide bonds. The van der Waals surface area contributed by atoms with Gasteiger partial charge in [-0.05, 0) is 36.5 Å². The van der Waals surface area contributed by atoms with Crippen LogP contribution in [0.4, 0.5) is 0 Å². The van der Waals surface area contributed by atoms with E-state index in [-0.39, 0.29) is 13.2 Å². The number of hydrogen-bond donors (Lipinski definition) is 0. The van der Waals surface area contributed by atoms with Crippen molar-refractivity contribution in [3.05, 3.63) is 64.3 Å². The van der Waals surface area contributed by atoms with E-state index in [1.807, 2.05) is 36.4 Å². The molecule has 0 atom stereocenters. The van der Waals surface area contributed by atoms with E-state index >= 15 is 0 Å². The van der Waals surface area contributed by atoms with Gasteiger partial charge in [-0.3, -0.25) is 0 Å². The van der Waals surface area contributed by atoms with E-state index in [0.29, 0.717) is 26.8 Å². The summed E-state index contributed by atoms with van der Waals surface area (Å²) in [6, 6.07) is 16.5. The highest BCUT2D eigenvalue weighted by Crippen LogP contribution is 2.26. The van der Waals surface area contributed by atoms with E-state index in [9.17, 15) is 0 Å². The minimum atomic E-state index is 0.231. The fourth-order valence-corrected chi connectivity index (χ4v) is 2.48. The SMILES string of the molecule is S=c1cc(OCC#CCOc2ccccc2Cl)c2ccccc2o1. The van der Waals surface area contributed by atoms with Gasteiger partial charge in [0.25, 0.3) is 0 Å². The Labute approximate surface area is 149 Å². The van der Waals surface area contributed by atoms with Gasteiger partial charge in [-0.1, -0.05) is 47.7 Å². The Kier molecular flexibility index (Phi) is 5.37. The van der Waals surface area contributed by atoms with Gasteiger partial charge in [0.1, 0.15) is 30.3 Å². The highest BCUT2D eigenvalue weighted by atomic mass is 35.5. The Morgan fingerprint density at radius 2 is 1.58 bits per heavy atom. The molecule has 0 spiro atoms. The first-order chi connectivity index (χ1) is 11.7. The van der Waals surface area contributed by atoms with Crippen LogP contribution in [-0.2, 0) is 0 Å². The van der Waals surface area contributed by atoms with Crippen molar-refractivity contribution < 1.29 is 13.9 Å². The lowest BCUT2D eigenvalue weighted by molar-refractivity contribution is 0.363. The molecule has 0 bridgehead atoms. The van der Waals surface area contributed by atoms with Crippen LogP contribution in [-0.4, -0.2) is 13.2 Å². The summed E-state index contributed by atoms with van der Waals surface area (Å²) in [6.45, 7) is 0.471. The molecule has 5 heteroatoms. The Hall–Kier alpha value is -2.48. The fraction of sp³-hybridized carbons (Fsp3) is 0.105. The van der Waals surface area contributed by atoms with Crippen LogP contribution in [0.25, 0.3) is 11.0 Å². The highest BCUT2D eigenvalue weighted by molar-refractivity contribution is 7.71. The number of halogens is 1. The molecule has 3 rings (SSSR count). The van der Waals surface area contributed by atoms with Gasteiger partial charge < -0.3 is 13.9 Å². The monoisotopic (exact) mass is 356 g/mol. The number of para-hydroxylation sites is 2. The third-order valence-electron chi connectivity index (χ3n) is 3.17. The summed E-state index contributed by atoms with van der Waals surface area (Å²) in [5.41, 5.74) is 0.690. The van der Waals surface area contributed by atoms with Crippen LogP contribution in [0.2, 0.25) is 5.02 Å². The molecule has 120 valence electrons. The second-order valence-corrected chi connectivity index (χ2v) is 5.60. The third kappa shape index (κ3) is 4.08. The van der Waals surface area contributed by atoms with Crippen LogP contribution in [0.15, 0.2) is 59.0 Å². The number of benzene rings is 2. The predicted molar refractivity (Wildman–Crippen MR) is 97.3 cm³/mol. The van der Waals surface area contributed by atoms with Crippen molar-refractivity contribution in [2.45, 2.75) is 0 Å². The molecular weight excluding hydrogens is 344 g/mol. The van der Waals surface area contributed by atoms with E-state index in [4.69, 9.17) is 37.7 Å². The highest BCUT2D eigenvalue weighted by Gasteiger charge is 2.03. The molecule has 0 saturated heterocycles. The molecule has 3 aromatic rings.